The number of nitrogens with zero attached hydrogens (tertiary/aromatic N) is 2. The number of aliphatic hydroxyl groups is 1. The highest BCUT2D eigenvalue weighted by Gasteiger charge is 2.64. The van der Waals surface area contributed by atoms with E-state index in [0.717, 1.165) is 0 Å². The molecule has 242 valence electrons. The number of methoxy groups -OCH3 is 1. The number of likely N-dealkylation sites (N-methyl/N-ethyl adjacent to an activating group) is 1. The van der Waals surface area contributed by atoms with Crippen molar-refractivity contribution < 1.29 is 52.8 Å². The molecule has 7 atom stereocenters. The van der Waals surface area contributed by atoms with Gasteiger partial charge in [0.15, 0.2) is 0 Å². The predicted octanol–water partition coefficient (Wildman–Crippen LogP) is 0.175. The van der Waals surface area contributed by atoms with E-state index in [1.54, 1.807) is 13.8 Å². The molecule has 0 aromatic rings. The van der Waals surface area contributed by atoms with Crippen LogP contribution >= 0.6 is 0 Å². The number of amides is 5. The molecule has 0 saturated carbocycles. The average molecular weight is 613 g/mol. The van der Waals surface area contributed by atoms with Gasteiger partial charge in [-0.2, -0.15) is 0 Å². The Morgan fingerprint density at radius 2 is 1.81 bits per heavy atom. The summed E-state index contributed by atoms with van der Waals surface area (Å²) in [7, 11) is 4.19. The minimum absolute atomic E-state index is 0.0787. The number of unbranched alkanes of at least 4 members (excludes halogenated alkanes) is 2. The van der Waals surface area contributed by atoms with Crippen molar-refractivity contribution in [3.63, 3.8) is 0 Å². The molecule has 3 aliphatic rings. The Morgan fingerprint density at radius 1 is 1.16 bits per heavy atom. The lowest BCUT2D eigenvalue weighted by Gasteiger charge is -2.37. The lowest BCUT2D eigenvalue weighted by molar-refractivity contribution is -0.237. The predicted molar refractivity (Wildman–Crippen MR) is 148 cm³/mol. The number of hydrogen-bond acceptors (Lipinski definition) is 11. The normalized spacial score (nSPS) is 28.8. The van der Waals surface area contributed by atoms with Crippen LogP contribution in [0.15, 0.2) is 0 Å². The molecule has 0 aromatic heterocycles. The van der Waals surface area contributed by atoms with Gasteiger partial charge in [-0.05, 0) is 26.7 Å². The van der Waals surface area contributed by atoms with E-state index in [1.807, 2.05) is 0 Å². The van der Waals surface area contributed by atoms with Gasteiger partial charge in [0.2, 0.25) is 23.6 Å². The Balaban J connectivity index is 1.55. The molecule has 3 heterocycles. The van der Waals surface area contributed by atoms with Gasteiger partial charge in [0.25, 0.3) is 5.91 Å². The zero-order valence-corrected chi connectivity index (χ0v) is 25.7. The molecule has 3 saturated heterocycles. The van der Waals surface area contributed by atoms with Crippen LogP contribution in [0.4, 0.5) is 4.79 Å². The fourth-order valence-electron chi connectivity index (χ4n) is 5.46. The number of imide groups is 1. The summed E-state index contributed by atoms with van der Waals surface area (Å²) >= 11 is 0. The van der Waals surface area contributed by atoms with Gasteiger partial charge >= 0.3 is 12.1 Å². The highest BCUT2D eigenvalue weighted by Crippen LogP contribution is 2.48. The number of carbonyl (C=O) groups excluding carboxylic acids is 6. The van der Waals surface area contributed by atoms with Crippen LogP contribution < -0.4 is 10.6 Å². The number of rotatable bonds is 15. The first-order valence-electron chi connectivity index (χ1n) is 14.6. The molecule has 5 amide bonds. The molecule has 15 heteroatoms. The smallest absolute Gasteiger partial charge is 0.411 e. The summed E-state index contributed by atoms with van der Waals surface area (Å²) in [5.74, 6) is -4.10. The summed E-state index contributed by atoms with van der Waals surface area (Å²) in [6.45, 7) is 5.30. The minimum Gasteiger partial charge on any atom is -0.457 e. The SMILES string of the molecule is CNC(=O)CC(OC(=O)C(C)N(C)C(=O)CCCCCN1C(=O)CCC1=O)C1(C)OC1C(C)C1CC(O)(OC)NC(=O)O1. The van der Waals surface area contributed by atoms with Crippen LogP contribution in [0.3, 0.4) is 0 Å². The van der Waals surface area contributed by atoms with E-state index in [4.69, 9.17) is 18.9 Å². The molecule has 3 aliphatic heterocycles. The van der Waals surface area contributed by atoms with E-state index < -0.39 is 59.8 Å². The first-order valence-corrected chi connectivity index (χ1v) is 14.6. The summed E-state index contributed by atoms with van der Waals surface area (Å²) in [5.41, 5.74) is -1.11. The fraction of sp³-hybridized carbons (Fsp3) is 0.786. The summed E-state index contributed by atoms with van der Waals surface area (Å²) in [6.07, 6.45) is -1.14. The number of cyclic esters (lactones) is 1. The number of ether oxygens (including phenoxy) is 4. The van der Waals surface area contributed by atoms with E-state index in [-0.39, 0.29) is 49.8 Å². The van der Waals surface area contributed by atoms with Crippen molar-refractivity contribution >= 4 is 35.7 Å². The van der Waals surface area contributed by atoms with Crippen LogP contribution in [0.5, 0.6) is 0 Å². The highest BCUT2D eigenvalue weighted by molar-refractivity contribution is 6.01. The quantitative estimate of drug-likeness (QED) is 0.0751. The first-order chi connectivity index (χ1) is 20.2. The topological polar surface area (TPSA) is 193 Å². The van der Waals surface area contributed by atoms with Gasteiger partial charge in [0.05, 0.1) is 18.9 Å². The molecule has 7 unspecified atom stereocenters. The zero-order valence-electron chi connectivity index (χ0n) is 25.7. The third-order valence-corrected chi connectivity index (χ3v) is 8.61. The van der Waals surface area contributed by atoms with Crippen LogP contribution in [0, 0.1) is 5.92 Å². The highest BCUT2D eigenvalue weighted by atomic mass is 16.7. The second-order valence-corrected chi connectivity index (χ2v) is 11.6. The van der Waals surface area contributed by atoms with Gasteiger partial charge in [-0.3, -0.25) is 29.4 Å². The van der Waals surface area contributed by atoms with Crippen molar-refractivity contribution in [3.05, 3.63) is 0 Å². The molecule has 0 aromatic carbocycles. The maximum atomic E-state index is 13.2. The standard InChI is InChI=1S/C28H44N4O11/c1-16(18-15-28(39,40-6)30-26(38)41-18)24-27(3,43-24)19(14-20(33)29-4)42-25(37)17(2)31(5)21(34)10-8-7-9-13-32-22(35)11-12-23(32)36/h16-19,24,39H,7-15H2,1-6H3,(H,29,33)(H,30,38). The lowest BCUT2D eigenvalue weighted by Crippen LogP contribution is -2.59. The van der Waals surface area contributed by atoms with Gasteiger partial charge < -0.3 is 34.3 Å². The van der Waals surface area contributed by atoms with Crippen molar-refractivity contribution in [2.75, 3.05) is 27.7 Å². The van der Waals surface area contributed by atoms with Crippen molar-refractivity contribution in [1.29, 1.82) is 0 Å². The number of hydrogen-bond donors (Lipinski definition) is 3. The van der Waals surface area contributed by atoms with Crippen molar-refractivity contribution in [2.45, 2.75) is 108 Å². The van der Waals surface area contributed by atoms with E-state index in [0.29, 0.717) is 25.8 Å². The minimum atomic E-state index is -1.91. The Morgan fingerprint density at radius 3 is 2.42 bits per heavy atom. The molecule has 3 fully saturated rings. The van der Waals surface area contributed by atoms with Crippen LogP contribution in [0.1, 0.15) is 72.1 Å². The molecule has 15 nitrogen and oxygen atoms in total. The molecule has 0 aliphatic carbocycles. The Labute approximate surface area is 250 Å². The van der Waals surface area contributed by atoms with Gasteiger partial charge in [0, 0.05) is 52.9 Å². The monoisotopic (exact) mass is 612 g/mol. The van der Waals surface area contributed by atoms with Gasteiger partial charge in [-0.15, -0.1) is 0 Å². The van der Waals surface area contributed by atoms with Crippen molar-refractivity contribution in [1.82, 2.24) is 20.4 Å². The molecule has 0 radical (unpaired) electrons. The van der Waals surface area contributed by atoms with E-state index in [9.17, 15) is 33.9 Å². The maximum absolute atomic E-state index is 13.2. The Hall–Kier alpha value is -3.30. The van der Waals surface area contributed by atoms with Crippen molar-refractivity contribution in [3.8, 4) is 0 Å². The molecule has 3 rings (SSSR count). The van der Waals surface area contributed by atoms with Crippen LogP contribution in [0.2, 0.25) is 0 Å². The lowest BCUT2D eigenvalue weighted by atomic mass is 9.86. The average Bonchev–Trinajstić information content (AvgIpc) is 3.57. The van der Waals surface area contributed by atoms with E-state index in [2.05, 4.69) is 10.6 Å². The third kappa shape index (κ3) is 8.21. The fourth-order valence-corrected chi connectivity index (χ4v) is 5.46. The van der Waals surface area contributed by atoms with Crippen LogP contribution in [-0.4, -0.2) is 114 Å². The molecule has 3 N–H and O–H groups in total. The molecular weight excluding hydrogens is 568 g/mol. The number of esters is 1. The summed E-state index contributed by atoms with van der Waals surface area (Å²) in [4.78, 5) is 76.3. The molecule has 0 bridgehead atoms. The van der Waals surface area contributed by atoms with Gasteiger partial charge in [-0.25, -0.2) is 9.59 Å². The second-order valence-electron chi connectivity index (χ2n) is 11.6. The number of likely N-dealkylation sites (tertiary alicyclic amines) is 1. The van der Waals surface area contributed by atoms with Crippen LogP contribution in [-0.2, 0) is 42.9 Å². The van der Waals surface area contributed by atoms with Gasteiger partial charge in [-0.1, -0.05) is 13.3 Å². The number of carbonyl (C=O) groups is 6. The maximum Gasteiger partial charge on any atom is 0.411 e. The number of nitrogens with one attached hydrogen (secondary N) is 2. The molecular formula is C28H44N4O11. The van der Waals surface area contributed by atoms with E-state index >= 15 is 0 Å². The Kier molecular flexibility index (Phi) is 11.1. The zero-order chi connectivity index (χ0) is 32.1. The largest absolute Gasteiger partial charge is 0.457 e. The second kappa shape index (κ2) is 14.0. The Bertz CT molecular complexity index is 1090. The van der Waals surface area contributed by atoms with Crippen LogP contribution in [0.25, 0.3) is 0 Å². The summed E-state index contributed by atoms with van der Waals surface area (Å²) in [5, 5.41) is 15.1. The first kappa shape index (κ1) is 34.2. The number of epoxide rings is 1. The molecule has 0 spiro atoms. The van der Waals surface area contributed by atoms with E-state index in [1.165, 1.54) is 37.9 Å². The van der Waals surface area contributed by atoms with Crippen molar-refractivity contribution in [2.24, 2.45) is 5.92 Å². The van der Waals surface area contributed by atoms with Gasteiger partial charge in [0.1, 0.15) is 23.9 Å². The summed E-state index contributed by atoms with van der Waals surface area (Å²) < 4.78 is 22.1. The number of alkyl carbamates (subject to hydrolysis) is 1. The third-order valence-electron chi connectivity index (χ3n) is 8.61. The summed E-state index contributed by atoms with van der Waals surface area (Å²) in [6, 6.07) is -0.958. The molecule has 43 heavy (non-hydrogen) atoms.